The molecule has 0 bridgehead atoms. The predicted octanol–water partition coefficient (Wildman–Crippen LogP) is 2.85. The van der Waals surface area contributed by atoms with Crippen LogP contribution in [0.15, 0.2) is 62.7 Å². The molecule has 1 saturated heterocycles. The zero-order valence-corrected chi connectivity index (χ0v) is 15.6. The van der Waals surface area contributed by atoms with Crippen molar-refractivity contribution in [1.29, 1.82) is 0 Å². The standard InChI is InChI=1S/C17H13N3O5S2/c1-11-5-7-14(8-6-11)27(24,25)19-17-18-16(21)15(26-17)10-12-3-2-4-13(9-12)20(22)23/h2-10H,1H3,(H,18,19,21)/b15-10-. The van der Waals surface area contributed by atoms with Gasteiger partial charge in [0.1, 0.15) is 0 Å². The van der Waals surface area contributed by atoms with Crippen molar-refractivity contribution in [2.45, 2.75) is 11.8 Å². The number of nitrogens with zero attached hydrogens (tertiary/aromatic N) is 2. The summed E-state index contributed by atoms with van der Waals surface area (Å²) in [6.45, 7) is 1.83. The predicted molar refractivity (Wildman–Crippen MR) is 103 cm³/mol. The summed E-state index contributed by atoms with van der Waals surface area (Å²) in [7, 11) is -3.96. The largest absolute Gasteiger partial charge is 0.300 e. The minimum atomic E-state index is -3.96. The van der Waals surface area contributed by atoms with E-state index in [1.54, 1.807) is 18.2 Å². The average Bonchev–Trinajstić information content (AvgIpc) is 2.93. The number of amidine groups is 1. The molecule has 0 unspecified atom stereocenters. The maximum absolute atomic E-state index is 12.3. The fraction of sp³-hybridized carbons (Fsp3) is 0.0588. The molecule has 8 nitrogen and oxygen atoms in total. The van der Waals surface area contributed by atoms with Crippen molar-refractivity contribution in [3.63, 3.8) is 0 Å². The Bertz CT molecular complexity index is 1090. The maximum atomic E-state index is 12.3. The number of hydrogen-bond donors (Lipinski definition) is 1. The Balaban J connectivity index is 1.86. The van der Waals surface area contributed by atoms with Crippen LogP contribution in [-0.4, -0.2) is 24.4 Å². The number of amides is 1. The molecule has 2 aromatic carbocycles. The number of aryl methyl sites for hydroxylation is 1. The fourth-order valence-corrected chi connectivity index (χ4v) is 4.21. The Morgan fingerprint density at radius 2 is 1.89 bits per heavy atom. The lowest BCUT2D eigenvalue weighted by atomic mass is 10.2. The van der Waals surface area contributed by atoms with E-state index in [4.69, 9.17) is 0 Å². The Labute approximate surface area is 159 Å². The number of non-ortho nitro benzene ring substituents is 1. The quantitative estimate of drug-likeness (QED) is 0.476. The molecule has 0 aliphatic carbocycles. The third kappa shape index (κ3) is 4.41. The Kier molecular flexibility index (Phi) is 5.10. The monoisotopic (exact) mass is 403 g/mol. The van der Waals surface area contributed by atoms with Gasteiger partial charge in [-0.2, -0.15) is 8.42 Å². The minimum Gasteiger partial charge on any atom is -0.300 e. The number of nitro groups is 1. The van der Waals surface area contributed by atoms with Crippen LogP contribution >= 0.6 is 11.8 Å². The van der Waals surface area contributed by atoms with Crippen LogP contribution in [0, 0.1) is 17.0 Å². The lowest BCUT2D eigenvalue weighted by molar-refractivity contribution is -0.384. The van der Waals surface area contributed by atoms with Gasteiger partial charge in [0, 0.05) is 12.1 Å². The van der Waals surface area contributed by atoms with Crippen LogP contribution in [-0.2, 0) is 14.8 Å². The van der Waals surface area contributed by atoms with Crippen molar-refractivity contribution in [3.8, 4) is 0 Å². The van der Waals surface area contributed by atoms with E-state index in [2.05, 4.69) is 9.71 Å². The first-order valence-corrected chi connectivity index (χ1v) is 9.87. The van der Waals surface area contributed by atoms with Crippen LogP contribution in [0.2, 0.25) is 0 Å². The molecule has 0 saturated carbocycles. The summed E-state index contributed by atoms with van der Waals surface area (Å²) in [6.07, 6.45) is 1.44. The topological polar surface area (TPSA) is 119 Å². The molecule has 0 atom stereocenters. The highest BCUT2D eigenvalue weighted by Gasteiger charge is 2.26. The molecule has 1 aliphatic heterocycles. The van der Waals surface area contributed by atoms with Crippen molar-refractivity contribution in [2.75, 3.05) is 0 Å². The molecule has 1 fully saturated rings. The van der Waals surface area contributed by atoms with E-state index in [-0.39, 0.29) is 20.7 Å². The number of hydrogen-bond acceptors (Lipinski definition) is 6. The minimum absolute atomic E-state index is 0.0200. The number of nitrogens with one attached hydrogen (secondary N) is 1. The second-order valence-corrected chi connectivity index (χ2v) is 8.24. The molecular weight excluding hydrogens is 390 g/mol. The summed E-state index contributed by atoms with van der Waals surface area (Å²) < 4.78 is 28.4. The maximum Gasteiger partial charge on any atom is 0.284 e. The number of carbonyl (C=O) groups excluding carboxylic acids is 1. The van der Waals surface area contributed by atoms with Gasteiger partial charge in [-0.1, -0.05) is 29.8 Å². The number of rotatable bonds is 4. The summed E-state index contributed by atoms with van der Waals surface area (Å²) in [4.78, 5) is 22.6. The number of benzene rings is 2. The van der Waals surface area contributed by atoms with Crippen molar-refractivity contribution >= 4 is 44.6 Å². The fourth-order valence-electron chi connectivity index (χ4n) is 2.22. The number of thioether (sulfide) groups is 1. The zero-order chi connectivity index (χ0) is 19.6. The molecular formula is C17H13N3O5S2. The smallest absolute Gasteiger partial charge is 0.284 e. The molecule has 1 aliphatic rings. The van der Waals surface area contributed by atoms with Crippen LogP contribution in [0.3, 0.4) is 0 Å². The van der Waals surface area contributed by atoms with Gasteiger partial charge in [0.2, 0.25) is 0 Å². The highest BCUT2D eigenvalue weighted by Crippen LogP contribution is 2.28. The van der Waals surface area contributed by atoms with Gasteiger partial charge >= 0.3 is 0 Å². The van der Waals surface area contributed by atoms with Crippen LogP contribution in [0.25, 0.3) is 6.08 Å². The summed E-state index contributed by atoms with van der Waals surface area (Å²) in [5.41, 5.74) is 1.25. The first-order valence-electron chi connectivity index (χ1n) is 7.61. The molecule has 27 heavy (non-hydrogen) atoms. The molecule has 2 aromatic rings. The Morgan fingerprint density at radius 3 is 2.56 bits per heavy atom. The van der Waals surface area contributed by atoms with Crippen molar-refractivity contribution in [1.82, 2.24) is 5.32 Å². The molecule has 1 heterocycles. The van der Waals surface area contributed by atoms with Crippen molar-refractivity contribution < 1.29 is 18.1 Å². The normalized spacial score (nSPS) is 17.3. The third-order valence-corrected chi connectivity index (χ3v) is 5.87. The van der Waals surface area contributed by atoms with Gasteiger partial charge in [0.15, 0.2) is 5.17 Å². The van der Waals surface area contributed by atoms with E-state index >= 15 is 0 Å². The first-order chi connectivity index (χ1) is 12.7. The Morgan fingerprint density at radius 1 is 1.19 bits per heavy atom. The average molecular weight is 403 g/mol. The van der Waals surface area contributed by atoms with E-state index in [9.17, 15) is 23.3 Å². The summed E-state index contributed by atoms with van der Waals surface area (Å²) >= 11 is 0.854. The number of carbonyl (C=O) groups is 1. The Hall–Kier alpha value is -2.98. The van der Waals surface area contributed by atoms with E-state index in [0.29, 0.717) is 5.56 Å². The van der Waals surface area contributed by atoms with Gasteiger partial charge in [-0.15, -0.1) is 4.40 Å². The number of nitro benzene ring substituents is 1. The van der Waals surface area contributed by atoms with Gasteiger partial charge in [-0.25, -0.2) is 0 Å². The zero-order valence-electron chi connectivity index (χ0n) is 13.9. The second-order valence-electron chi connectivity index (χ2n) is 5.60. The molecule has 3 rings (SSSR count). The van der Waals surface area contributed by atoms with Crippen molar-refractivity contribution in [2.24, 2.45) is 4.40 Å². The molecule has 138 valence electrons. The lowest BCUT2D eigenvalue weighted by Gasteiger charge is -2.00. The van der Waals surface area contributed by atoms with Gasteiger partial charge in [-0.3, -0.25) is 20.2 Å². The van der Waals surface area contributed by atoms with E-state index in [1.807, 2.05) is 6.92 Å². The summed E-state index contributed by atoms with van der Waals surface area (Å²) in [5.74, 6) is -0.524. The summed E-state index contributed by atoms with van der Waals surface area (Å²) in [6, 6.07) is 11.9. The molecule has 0 spiro atoms. The van der Waals surface area contributed by atoms with Crippen LogP contribution < -0.4 is 5.32 Å². The van der Waals surface area contributed by atoms with Gasteiger partial charge in [0.05, 0.1) is 14.7 Å². The third-order valence-electron chi connectivity index (χ3n) is 3.55. The van der Waals surface area contributed by atoms with Crippen LogP contribution in [0.5, 0.6) is 0 Å². The van der Waals surface area contributed by atoms with E-state index in [1.165, 1.54) is 36.4 Å². The van der Waals surface area contributed by atoms with Gasteiger partial charge < -0.3 is 0 Å². The highest BCUT2D eigenvalue weighted by molar-refractivity contribution is 8.19. The lowest BCUT2D eigenvalue weighted by Crippen LogP contribution is -2.20. The molecule has 10 heteroatoms. The second kappa shape index (κ2) is 7.33. The first kappa shape index (κ1) is 18.8. The SMILES string of the molecule is Cc1ccc(S(=O)(=O)N=C2NC(=O)/C(=C/c3cccc([N+](=O)[O-])c3)S2)cc1. The van der Waals surface area contributed by atoms with Gasteiger partial charge in [-0.05, 0) is 42.5 Å². The van der Waals surface area contributed by atoms with E-state index in [0.717, 1.165) is 17.3 Å². The molecule has 0 aromatic heterocycles. The molecule has 0 radical (unpaired) electrons. The number of sulfonamides is 1. The highest BCUT2D eigenvalue weighted by atomic mass is 32.2. The summed E-state index contributed by atoms with van der Waals surface area (Å²) in [5, 5.41) is 13.2. The van der Waals surface area contributed by atoms with Crippen LogP contribution in [0.4, 0.5) is 5.69 Å². The van der Waals surface area contributed by atoms with E-state index < -0.39 is 20.9 Å². The van der Waals surface area contributed by atoms with Crippen LogP contribution in [0.1, 0.15) is 11.1 Å². The van der Waals surface area contributed by atoms with Crippen molar-refractivity contribution in [3.05, 3.63) is 74.7 Å². The molecule has 1 amide bonds. The molecule has 1 N–H and O–H groups in total. The van der Waals surface area contributed by atoms with Gasteiger partial charge in [0.25, 0.3) is 21.6 Å².